The van der Waals surface area contributed by atoms with E-state index < -0.39 is 5.97 Å². The lowest BCUT2D eigenvalue weighted by Crippen LogP contribution is -2.12. The zero-order valence-corrected chi connectivity index (χ0v) is 13.9. The van der Waals surface area contributed by atoms with Crippen LogP contribution in [-0.4, -0.2) is 18.4 Å². The average molecular weight is 341 g/mol. The molecular formula is C20H17ClO3. The molecule has 3 nitrogen and oxygen atoms in total. The van der Waals surface area contributed by atoms with Crippen molar-refractivity contribution in [2.24, 2.45) is 0 Å². The first-order valence-corrected chi connectivity index (χ1v) is 8.25. The Balaban J connectivity index is 1.54. The zero-order chi connectivity index (χ0) is 16.9. The third-order valence-electron chi connectivity index (χ3n) is 4.05. The maximum absolute atomic E-state index is 12.1. The van der Waals surface area contributed by atoms with Gasteiger partial charge in [-0.2, -0.15) is 0 Å². The Bertz CT molecular complexity index is 791. The Morgan fingerprint density at radius 1 is 1.04 bits per heavy atom. The van der Waals surface area contributed by atoms with E-state index in [9.17, 15) is 9.59 Å². The molecule has 0 fully saturated rings. The number of fused-ring (bicyclic) bond motifs is 1. The minimum Gasteiger partial charge on any atom is -0.454 e. The number of hydrogen-bond donors (Lipinski definition) is 0. The van der Waals surface area contributed by atoms with Gasteiger partial charge in [-0.3, -0.25) is 4.79 Å². The van der Waals surface area contributed by atoms with Gasteiger partial charge in [-0.05, 0) is 60.2 Å². The third-order valence-corrected chi connectivity index (χ3v) is 4.30. The van der Waals surface area contributed by atoms with E-state index in [-0.39, 0.29) is 12.4 Å². The molecule has 3 rings (SSSR count). The van der Waals surface area contributed by atoms with Crippen LogP contribution in [0.3, 0.4) is 0 Å². The summed E-state index contributed by atoms with van der Waals surface area (Å²) < 4.78 is 5.02. The number of rotatable bonds is 5. The molecule has 122 valence electrons. The van der Waals surface area contributed by atoms with Gasteiger partial charge < -0.3 is 4.74 Å². The second-order valence-electron chi connectivity index (χ2n) is 5.75. The standard InChI is InChI=1S/C20H17ClO3/c21-18-9-4-14(5-10-18)6-11-20(23)24-13-19(22)17-8-7-15-2-1-3-16(15)12-17/h4-12H,1-3,13H2/b11-6+. The molecule has 0 unspecified atom stereocenters. The Labute approximate surface area is 145 Å². The quantitative estimate of drug-likeness (QED) is 0.464. The molecule has 0 atom stereocenters. The van der Waals surface area contributed by atoms with Gasteiger partial charge >= 0.3 is 5.97 Å². The van der Waals surface area contributed by atoms with Crippen LogP contribution in [-0.2, 0) is 22.4 Å². The van der Waals surface area contributed by atoms with Gasteiger partial charge in [-0.25, -0.2) is 4.79 Å². The second kappa shape index (κ2) is 7.45. The number of benzene rings is 2. The molecule has 0 aliphatic heterocycles. The van der Waals surface area contributed by atoms with Crippen molar-refractivity contribution in [2.45, 2.75) is 19.3 Å². The Morgan fingerprint density at radius 3 is 2.58 bits per heavy atom. The number of ketones is 1. The normalized spacial score (nSPS) is 13.0. The molecule has 4 heteroatoms. The molecule has 0 amide bonds. The summed E-state index contributed by atoms with van der Waals surface area (Å²) in [5.74, 6) is -0.725. The number of aryl methyl sites for hydroxylation is 2. The van der Waals surface area contributed by atoms with Crippen LogP contribution in [0.15, 0.2) is 48.5 Å². The van der Waals surface area contributed by atoms with Gasteiger partial charge in [0.2, 0.25) is 0 Å². The molecule has 0 bridgehead atoms. The van der Waals surface area contributed by atoms with Crippen LogP contribution in [0.1, 0.15) is 33.5 Å². The van der Waals surface area contributed by atoms with E-state index in [0.29, 0.717) is 10.6 Å². The van der Waals surface area contributed by atoms with Crippen LogP contribution in [0, 0.1) is 0 Å². The van der Waals surface area contributed by atoms with Crippen molar-refractivity contribution in [3.63, 3.8) is 0 Å². The first kappa shape index (κ1) is 16.5. The van der Waals surface area contributed by atoms with Crippen molar-refractivity contribution in [1.29, 1.82) is 0 Å². The second-order valence-corrected chi connectivity index (χ2v) is 6.19. The highest BCUT2D eigenvalue weighted by Crippen LogP contribution is 2.23. The van der Waals surface area contributed by atoms with Crippen molar-refractivity contribution in [3.8, 4) is 0 Å². The fourth-order valence-electron chi connectivity index (χ4n) is 2.75. The first-order valence-electron chi connectivity index (χ1n) is 7.87. The molecule has 1 aliphatic carbocycles. The number of Topliss-reactive ketones (excluding diaryl/α,β-unsaturated/α-hetero) is 1. The highest BCUT2D eigenvalue weighted by atomic mass is 35.5. The average Bonchev–Trinajstić information content (AvgIpc) is 3.06. The monoisotopic (exact) mass is 340 g/mol. The van der Waals surface area contributed by atoms with Gasteiger partial charge in [0, 0.05) is 16.7 Å². The predicted molar refractivity (Wildman–Crippen MR) is 94.2 cm³/mol. The van der Waals surface area contributed by atoms with E-state index in [2.05, 4.69) is 0 Å². The Kier molecular flexibility index (Phi) is 5.11. The fourth-order valence-corrected chi connectivity index (χ4v) is 2.88. The van der Waals surface area contributed by atoms with E-state index in [4.69, 9.17) is 16.3 Å². The molecule has 2 aromatic carbocycles. The maximum atomic E-state index is 12.1. The van der Waals surface area contributed by atoms with E-state index in [1.165, 1.54) is 17.2 Å². The summed E-state index contributed by atoms with van der Waals surface area (Å²) in [6.07, 6.45) is 6.16. The summed E-state index contributed by atoms with van der Waals surface area (Å²) in [6.45, 7) is -0.247. The lowest BCUT2D eigenvalue weighted by molar-refractivity contribution is -0.136. The van der Waals surface area contributed by atoms with Gasteiger partial charge in [0.1, 0.15) is 0 Å². The number of esters is 1. The molecule has 0 heterocycles. The van der Waals surface area contributed by atoms with Crippen LogP contribution in [0.2, 0.25) is 5.02 Å². The van der Waals surface area contributed by atoms with Gasteiger partial charge in [0.25, 0.3) is 0 Å². The lowest BCUT2D eigenvalue weighted by Gasteiger charge is -2.05. The summed E-state index contributed by atoms with van der Waals surface area (Å²) in [6, 6.07) is 12.8. The van der Waals surface area contributed by atoms with Crippen LogP contribution in [0.25, 0.3) is 6.08 Å². The van der Waals surface area contributed by atoms with Crippen LogP contribution in [0.4, 0.5) is 0 Å². The maximum Gasteiger partial charge on any atom is 0.331 e. The Hall–Kier alpha value is -2.39. The lowest BCUT2D eigenvalue weighted by atomic mass is 10.0. The molecule has 0 N–H and O–H groups in total. The minimum absolute atomic E-state index is 0.182. The minimum atomic E-state index is -0.542. The molecule has 0 aromatic heterocycles. The molecule has 1 aliphatic rings. The van der Waals surface area contributed by atoms with Gasteiger partial charge in [0.15, 0.2) is 12.4 Å². The molecule has 0 saturated heterocycles. The Morgan fingerprint density at radius 2 is 1.79 bits per heavy atom. The SMILES string of the molecule is O=C(/C=C/c1ccc(Cl)cc1)OCC(=O)c1ccc2c(c1)CCC2. The van der Waals surface area contributed by atoms with Crippen LogP contribution < -0.4 is 0 Å². The van der Waals surface area contributed by atoms with Crippen molar-refractivity contribution in [2.75, 3.05) is 6.61 Å². The summed E-state index contributed by atoms with van der Waals surface area (Å²) in [7, 11) is 0. The number of hydrogen-bond acceptors (Lipinski definition) is 3. The van der Waals surface area contributed by atoms with Crippen molar-refractivity contribution in [3.05, 3.63) is 75.8 Å². The van der Waals surface area contributed by atoms with E-state index in [0.717, 1.165) is 24.8 Å². The highest BCUT2D eigenvalue weighted by Gasteiger charge is 2.14. The van der Waals surface area contributed by atoms with Gasteiger partial charge in [0.05, 0.1) is 0 Å². The fraction of sp³-hybridized carbons (Fsp3) is 0.200. The van der Waals surface area contributed by atoms with Crippen molar-refractivity contribution >= 4 is 29.4 Å². The molecule has 24 heavy (non-hydrogen) atoms. The topological polar surface area (TPSA) is 43.4 Å². The van der Waals surface area contributed by atoms with E-state index >= 15 is 0 Å². The predicted octanol–water partition coefficient (Wildman–Crippen LogP) is 4.27. The highest BCUT2D eigenvalue weighted by molar-refractivity contribution is 6.30. The van der Waals surface area contributed by atoms with E-state index in [1.807, 2.05) is 18.2 Å². The van der Waals surface area contributed by atoms with Crippen molar-refractivity contribution < 1.29 is 14.3 Å². The largest absolute Gasteiger partial charge is 0.454 e. The molecule has 2 aromatic rings. The number of carbonyl (C=O) groups excluding carboxylic acids is 2. The summed E-state index contributed by atoms with van der Waals surface area (Å²) in [5.41, 5.74) is 3.98. The number of carbonyl (C=O) groups is 2. The molecule has 0 spiro atoms. The number of halogens is 1. The van der Waals surface area contributed by atoms with E-state index in [1.54, 1.807) is 30.3 Å². The summed E-state index contributed by atoms with van der Waals surface area (Å²) in [5, 5.41) is 0.634. The zero-order valence-electron chi connectivity index (χ0n) is 13.1. The molecule has 0 radical (unpaired) electrons. The van der Waals surface area contributed by atoms with Gasteiger partial charge in [-0.15, -0.1) is 0 Å². The molecule has 0 saturated carbocycles. The summed E-state index contributed by atoms with van der Waals surface area (Å²) in [4.78, 5) is 23.9. The van der Waals surface area contributed by atoms with Gasteiger partial charge in [-0.1, -0.05) is 35.9 Å². The smallest absolute Gasteiger partial charge is 0.331 e. The van der Waals surface area contributed by atoms with Crippen molar-refractivity contribution in [1.82, 2.24) is 0 Å². The third kappa shape index (κ3) is 4.12. The number of ether oxygens (including phenoxy) is 1. The first-order chi connectivity index (χ1) is 11.6. The van der Waals surface area contributed by atoms with Crippen LogP contribution >= 0.6 is 11.6 Å². The van der Waals surface area contributed by atoms with Crippen LogP contribution in [0.5, 0.6) is 0 Å². The molecular weight excluding hydrogens is 324 g/mol. The summed E-state index contributed by atoms with van der Waals surface area (Å²) >= 11 is 5.80.